The Balaban J connectivity index is 1.78. The number of amides is 1. The van der Waals surface area contributed by atoms with Crippen molar-refractivity contribution in [2.45, 2.75) is 18.5 Å². The van der Waals surface area contributed by atoms with E-state index in [9.17, 15) is 13.7 Å². The van der Waals surface area contributed by atoms with E-state index >= 15 is 0 Å². The smallest absolute Gasteiger partial charge is 0.246 e. The van der Waals surface area contributed by atoms with E-state index in [1.165, 1.54) is 22.5 Å². The molecular weight excluding hydrogens is 393 g/mol. The summed E-state index contributed by atoms with van der Waals surface area (Å²) in [5, 5.41) is 2.63. The Labute approximate surface area is 165 Å². The number of hydrogen-bond acceptors (Lipinski definition) is 5. The number of halogens is 2. The summed E-state index contributed by atoms with van der Waals surface area (Å²) in [7, 11) is 3.18. The summed E-state index contributed by atoms with van der Waals surface area (Å²) in [5.41, 5.74) is 1.25. The molecular formula is C18H19ClFN3O3S. The van der Waals surface area contributed by atoms with E-state index in [2.05, 4.69) is 10.0 Å². The predicted octanol–water partition coefficient (Wildman–Crippen LogP) is 3.04. The van der Waals surface area contributed by atoms with E-state index in [1.54, 1.807) is 14.2 Å². The first-order chi connectivity index (χ1) is 12.9. The number of methoxy groups -OCH3 is 1. The fourth-order valence-corrected chi connectivity index (χ4v) is 4.11. The monoisotopic (exact) mass is 411 g/mol. The SMILES string of the molecule is COc1cccc(C2CC(C(=O)Nc3ccc(F)c(Cl)c3)N(C)[S+]([O-])N2)c1. The standard InChI is InChI=1S/C18H19ClFN3O3S/c1-23-17(18(24)21-12-6-7-15(20)14(19)9-12)10-16(22-27(23)25)11-4-3-5-13(8-11)26-2/h3-9,16-17,22H,10H2,1-2H3,(H,21,24). The maximum Gasteiger partial charge on any atom is 0.246 e. The number of ether oxygens (including phenoxy) is 1. The van der Waals surface area contributed by atoms with Gasteiger partial charge in [-0.05, 0) is 35.9 Å². The van der Waals surface area contributed by atoms with Crippen molar-refractivity contribution in [1.82, 2.24) is 9.03 Å². The summed E-state index contributed by atoms with van der Waals surface area (Å²) < 4.78 is 35.4. The van der Waals surface area contributed by atoms with Gasteiger partial charge in [0.25, 0.3) is 0 Å². The van der Waals surface area contributed by atoms with Gasteiger partial charge in [-0.1, -0.05) is 28.0 Å². The highest BCUT2D eigenvalue weighted by Gasteiger charge is 2.41. The Bertz CT molecular complexity index is 841. The third-order valence-electron chi connectivity index (χ3n) is 4.39. The third kappa shape index (κ3) is 4.53. The first-order valence-corrected chi connectivity index (χ1v) is 9.68. The van der Waals surface area contributed by atoms with Gasteiger partial charge in [0.05, 0.1) is 18.2 Å². The molecule has 1 fully saturated rings. The topological polar surface area (TPSA) is 76.7 Å². The molecule has 3 unspecified atom stereocenters. The van der Waals surface area contributed by atoms with Crippen molar-refractivity contribution >= 4 is 34.7 Å². The second kappa shape index (κ2) is 8.45. The first kappa shape index (κ1) is 19.9. The normalized spacial score (nSPS) is 23.1. The van der Waals surface area contributed by atoms with Crippen LogP contribution in [-0.2, 0) is 16.3 Å². The Morgan fingerprint density at radius 1 is 1.41 bits per heavy atom. The van der Waals surface area contributed by atoms with Crippen LogP contribution < -0.4 is 14.8 Å². The van der Waals surface area contributed by atoms with Crippen LogP contribution in [0.25, 0.3) is 0 Å². The lowest BCUT2D eigenvalue weighted by molar-refractivity contribution is -0.120. The van der Waals surface area contributed by atoms with Gasteiger partial charge in [-0.2, -0.15) is 0 Å². The molecule has 0 spiro atoms. The quantitative estimate of drug-likeness (QED) is 0.756. The Kier molecular flexibility index (Phi) is 6.23. The van der Waals surface area contributed by atoms with Crippen molar-refractivity contribution in [3.63, 3.8) is 0 Å². The molecule has 2 aromatic carbocycles. The van der Waals surface area contributed by atoms with Gasteiger partial charge in [-0.3, -0.25) is 4.79 Å². The van der Waals surface area contributed by atoms with Gasteiger partial charge in [0.15, 0.2) is 0 Å². The molecule has 3 atom stereocenters. The van der Waals surface area contributed by atoms with E-state index < -0.39 is 23.4 Å². The third-order valence-corrected chi connectivity index (χ3v) is 5.94. The van der Waals surface area contributed by atoms with Crippen LogP contribution in [0.4, 0.5) is 10.1 Å². The van der Waals surface area contributed by atoms with Crippen molar-refractivity contribution in [1.29, 1.82) is 0 Å². The number of carbonyl (C=O) groups is 1. The molecule has 6 nitrogen and oxygen atoms in total. The fourth-order valence-electron chi connectivity index (χ4n) is 2.87. The molecule has 0 saturated carbocycles. The van der Waals surface area contributed by atoms with Gasteiger partial charge in [-0.25, -0.2) is 4.39 Å². The predicted molar refractivity (Wildman–Crippen MR) is 103 cm³/mol. The van der Waals surface area contributed by atoms with Crippen LogP contribution in [0.1, 0.15) is 18.0 Å². The molecule has 1 aliphatic heterocycles. The van der Waals surface area contributed by atoms with Crippen molar-refractivity contribution in [3.8, 4) is 5.75 Å². The fraction of sp³-hybridized carbons (Fsp3) is 0.278. The number of carbonyl (C=O) groups excluding carboxylic acids is 1. The molecule has 0 aromatic heterocycles. The van der Waals surface area contributed by atoms with Crippen LogP contribution in [0.5, 0.6) is 5.75 Å². The highest BCUT2D eigenvalue weighted by Crippen LogP contribution is 2.30. The molecule has 144 valence electrons. The molecule has 3 rings (SSSR count). The van der Waals surface area contributed by atoms with Crippen LogP contribution in [0.15, 0.2) is 42.5 Å². The maximum absolute atomic E-state index is 13.3. The van der Waals surface area contributed by atoms with Crippen LogP contribution >= 0.6 is 11.6 Å². The summed E-state index contributed by atoms with van der Waals surface area (Å²) in [6.07, 6.45) is 0.399. The molecule has 2 N–H and O–H groups in total. The minimum absolute atomic E-state index is 0.0794. The number of hydrogen-bond donors (Lipinski definition) is 2. The Morgan fingerprint density at radius 3 is 2.89 bits per heavy atom. The van der Waals surface area contributed by atoms with E-state index in [-0.39, 0.29) is 17.0 Å². The van der Waals surface area contributed by atoms with E-state index in [0.29, 0.717) is 17.9 Å². The summed E-state index contributed by atoms with van der Waals surface area (Å²) in [5.74, 6) is -0.225. The average molecular weight is 412 g/mol. The summed E-state index contributed by atoms with van der Waals surface area (Å²) in [4.78, 5) is 12.7. The van der Waals surface area contributed by atoms with Crippen molar-refractivity contribution < 1.29 is 18.5 Å². The highest BCUT2D eigenvalue weighted by molar-refractivity contribution is 7.87. The molecule has 1 aliphatic rings. The zero-order chi connectivity index (χ0) is 19.6. The average Bonchev–Trinajstić information content (AvgIpc) is 2.66. The summed E-state index contributed by atoms with van der Waals surface area (Å²) in [6.45, 7) is 0. The van der Waals surface area contributed by atoms with Crippen molar-refractivity contribution in [2.75, 3.05) is 19.5 Å². The largest absolute Gasteiger partial charge is 0.579 e. The molecule has 9 heteroatoms. The molecule has 1 heterocycles. The number of likely N-dealkylation sites (N-methyl/N-ethyl adjacent to an activating group) is 1. The molecule has 2 aromatic rings. The molecule has 0 radical (unpaired) electrons. The first-order valence-electron chi connectivity index (χ1n) is 8.20. The number of nitrogens with one attached hydrogen (secondary N) is 2. The van der Waals surface area contributed by atoms with Gasteiger partial charge < -0.3 is 14.6 Å². The Morgan fingerprint density at radius 2 is 2.19 bits per heavy atom. The van der Waals surface area contributed by atoms with Gasteiger partial charge in [0, 0.05) is 19.2 Å². The molecule has 1 amide bonds. The van der Waals surface area contributed by atoms with E-state index in [1.807, 2.05) is 24.3 Å². The zero-order valence-corrected chi connectivity index (χ0v) is 16.3. The molecule has 27 heavy (non-hydrogen) atoms. The molecule has 0 aliphatic carbocycles. The van der Waals surface area contributed by atoms with Crippen LogP contribution in [0.2, 0.25) is 5.02 Å². The van der Waals surface area contributed by atoms with Crippen LogP contribution in [0.3, 0.4) is 0 Å². The van der Waals surface area contributed by atoms with Gasteiger partial charge in [0.2, 0.25) is 5.91 Å². The number of nitrogens with zero attached hydrogens (tertiary/aromatic N) is 1. The van der Waals surface area contributed by atoms with Crippen LogP contribution in [-0.4, -0.2) is 35.0 Å². The van der Waals surface area contributed by atoms with Crippen molar-refractivity contribution in [3.05, 3.63) is 58.9 Å². The van der Waals surface area contributed by atoms with E-state index in [4.69, 9.17) is 16.3 Å². The molecule has 0 bridgehead atoms. The minimum atomic E-state index is -1.55. The summed E-state index contributed by atoms with van der Waals surface area (Å²) >= 11 is 4.21. The second-order valence-corrected chi connectivity index (χ2v) is 7.83. The van der Waals surface area contributed by atoms with E-state index in [0.717, 1.165) is 5.56 Å². The number of benzene rings is 2. The lowest BCUT2D eigenvalue weighted by atomic mass is 9.99. The Hall–Kier alpha value is -1.84. The lowest BCUT2D eigenvalue weighted by Crippen LogP contribution is -2.55. The number of rotatable bonds is 4. The van der Waals surface area contributed by atoms with Gasteiger partial charge in [-0.15, -0.1) is 4.72 Å². The van der Waals surface area contributed by atoms with Crippen molar-refractivity contribution in [2.24, 2.45) is 0 Å². The minimum Gasteiger partial charge on any atom is -0.579 e. The highest BCUT2D eigenvalue weighted by atomic mass is 35.5. The maximum atomic E-state index is 13.3. The van der Waals surface area contributed by atoms with Gasteiger partial charge >= 0.3 is 0 Å². The number of anilines is 1. The zero-order valence-electron chi connectivity index (χ0n) is 14.7. The van der Waals surface area contributed by atoms with Crippen LogP contribution in [0, 0.1) is 5.82 Å². The second-order valence-electron chi connectivity index (χ2n) is 6.11. The van der Waals surface area contributed by atoms with Gasteiger partial charge in [0.1, 0.15) is 29.2 Å². The molecule has 1 saturated heterocycles. The lowest BCUT2D eigenvalue weighted by Gasteiger charge is -2.36. The summed E-state index contributed by atoms with van der Waals surface area (Å²) in [6, 6.07) is 10.4.